The number of carboxylic acids is 1. The van der Waals surface area contributed by atoms with Crippen LogP contribution in [-0.4, -0.2) is 35.7 Å². The monoisotopic (exact) mass is 317 g/mol. The van der Waals surface area contributed by atoms with E-state index in [1.807, 2.05) is 0 Å². The Bertz CT molecular complexity index is 608. The van der Waals surface area contributed by atoms with Gasteiger partial charge in [-0.1, -0.05) is 26.0 Å². The first kappa shape index (κ1) is 16.0. The van der Waals surface area contributed by atoms with E-state index in [1.54, 1.807) is 24.3 Å². The maximum atomic E-state index is 12.2. The zero-order valence-electron chi connectivity index (χ0n) is 13.5. The summed E-state index contributed by atoms with van der Waals surface area (Å²) in [5.41, 5.74) is 1.24. The Hall–Kier alpha value is -1.88. The predicted octanol–water partition coefficient (Wildman–Crippen LogP) is 2.25. The van der Waals surface area contributed by atoms with Crippen LogP contribution in [0.3, 0.4) is 0 Å². The van der Waals surface area contributed by atoms with Crippen molar-refractivity contribution in [3.05, 3.63) is 35.4 Å². The van der Waals surface area contributed by atoms with Crippen LogP contribution < -0.4 is 5.32 Å². The lowest BCUT2D eigenvalue weighted by Gasteiger charge is -2.54. The van der Waals surface area contributed by atoms with E-state index in [-0.39, 0.29) is 29.0 Å². The first-order chi connectivity index (χ1) is 10.9. The van der Waals surface area contributed by atoms with Crippen LogP contribution in [0.5, 0.6) is 0 Å². The van der Waals surface area contributed by atoms with Gasteiger partial charge in [-0.15, -0.1) is 0 Å². The van der Waals surface area contributed by atoms with Crippen LogP contribution in [0, 0.1) is 11.3 Å². The molecule has 124 valence electrons. The number of amides is 1. The molecule has 1 aromatic rings. The summed E-state index contributed by atoms with van der Waals surface area (Å²) in [6.45, 7) is 5.09. The van der Waals surface area contributed by atoms with Crippen molar-refractivity contribution in [2.45, 2.75) is 45.3 Å². The summed E-state index contributed by atoms with van der Waals surface area (Å²) >= 11 is 0. The third-order valence-electron chi connectivity index (χ3n) is 5.26. The SMILES string of the molecule is CC1(C)C(NC(=O)CCc2ccc(C(=O)O)cc2)C2CCOC21. The number of hydrogen-bond acceptors (Lipinski definition) is 3. The fraction of sp³-hybridized carbons (Fsp3) is 0.556. The van der Waals surface area contributed by atoms with Gasteiger partial charge < -0.3 is 15.2 Å². The fourth-order valence-electron chi connectivity index (χ4n) is 3.93. The fourth-order valence-corrected chi connectivity index (χ4v) is 3.93. The molecule has 1 heterocycles. The molecule has 3 rings (SSSR count). The minimum Gasteiger partial charge on any atom is -0.478 e. The number of nitrogens with one attached hydrogen (secondary N) is 1. The maximum absolute atomic E-state index is 12.2. The number of ether oxygens (including phenoxy) is 1. The van der Waals surface area contributed by atoms with Gasteiger partial charge in [0.15, 0.2) is 0 Å². The van der Waals surface area contributed by atoms with Crippen LogP contribution in [0.4, 0.5) is 0 Å². The Morgan fingerprint density at radius 1 is 1.30 bits per heavy atom. The largest absolute Gasteiger partial charge is 0.478 e. The van der Waals surface area contributed by atoms with Crippen molar-refractivity contribution in [3.8, 4) is 0 Å². The van der Waals surface area contributed by atoms with Crippen molar-refractivity contribution in [1.29, 1.82) is 0 Å². The number of rotatable bonds is 5. The molecule has 2 fully saturated rings. The molecule has 5 nitrogen and oxygen atoms in total. The van der Waals surface area contributed by atoms with Gasteiger partial charge in [0.05, 0.1) is 11.7 Å². The van der Waals surface area contributed by atoms with Crippen LogP contribution in [0.15, 0.2) is 24.3 Å². The van der Waals surface area contributed by atoms with Crippen molar-refractivity contribution in [1.82, 2.24) is 5.32 Å². The number of carbonyl (C=O) groups excluding carboxylic acids is 1. The normalized spacial score (nSPS) is 27.8. The van der Waals surface area contributed by atoms with Gasteiger partial charge in [0.25, 0.3) is 0 Å². The van der Waals surface area contributed by atoms with Gasteiger partial charge in [0, 0.05) is 30.4 Å². The van der Waals surface area contributed by atoms with Gasteiger partial charge >= 0.3 is 5.97 Å². The van der Waals surface area contributed by atoms with Crippen LogP contribution in [0.2, 0.25) is 0 Å². The maximum Gasteiger partial charge on any atom is 0.335 e. The Balaban J connectivity index is 1.51. The molecule has 0 spiro atoms. The molecule has 3 unspecified atom stereocenters. The molecule has 0 aromatic heterocycles. The Labute approximate surface area is 136 Å². The zero-order valence-corrected chi connectivity index (χ0v) is 13.5. The first-order valence-corrected chi connectivity index (χ1v) is 8.13. The van der Waals surface area contributed by atoms with Crippen molar-refractivity contribution < 1.29 is 19.4 Å². The molecule has 1 amide bonds. The van der Waals surface area contributed by atoms with E-state index in [4.69, 9.17) is 9.84 Å². The number of aromatic carboxylic acids is 1. The molecule has 3 atom stereocenters. The summed E-state index contributed by atoms with van der Waals surface area (Å²) in [6.07, 6.45) is 2.33. The molecule has 1 aromatic carbocycles. The summed E-state index contributed by atoms with van der Waals surface area (Å²) in [5, 5.41) is 12.0. The minimum absolute atomic E-state index is 0.0000372. The van der Waals surface area contributed by atoms with Crippen molar-refractivity contribution in [3.63, 3.8) is 0 Å². The number of aryl methyl sites for hydroxylation is 1. The van der Waals surface area contributed by atoms with Gasteiger partial charge in [-0.2, -0.15) is 0 Å². The van der Waals surface area contributed by atoms with E-state index in [9.17, 15) is 9.59 Å². The van der Waals surface area contributed by atoms with E-state index in [0.29, 0.717) is 18.8 Å². The smallest absolute Gasteiger partial charge is 0.335 e. The molecule has 1 saturated carbocycles. The van der Waals surface area contributed by atoms with Crippen molar-refractivity contribution in [2.24, 2.45) is 11.3 Å². The molecular weight excluding hydrogens is 294 g/mol. The van der Waals surface area contributed by atoms with Crippen LogP contribution in [0.25, 0.3) is 0 Å². The van der Waals surface area contributed by atoms with Crippen LogP contribution in [-0.2, 0) is 16.0 Å². The topological polar surface area (TPSA) is 75.6 Å². The lowest BCUT2D eigenvalue weighted by molar-refractivity contribution is -0.137. The zero-order chi connectivity index (χ0) is 16.6. The van der Waals surface area contributed by atoms with E-state index in [0.717, 1.165) is 18.6 Å². The second-order valence-electron chi connectivity index (χ2n) is 7.11. The molecule has 0 radical (unpaired) electrons. The van der Waals surface area contributed by atoms with Crippen molar-refractivity contribution in [2.75, 3.05) is 6.61 Å². The molecule has 1 aliphatic carbocycles. The van der Waals surface area contributed by atoms with Crippen LogP contribution in [0.1, 0.15) is 42.6 Å². The Kier molecular flexibility index (Phi) is 4.15. The average Bonchev–Trinajstić information content (AvgIpc) is 2.98. The predicted molar refractivity (Wildman–Crippen MR) is 85.3 cm³/mol. The van der Waals surface area contributed by atoms with E-state index in [1.165, 1.54) is 0 Å². The Morgan fingerprint density at radius 2 is 2.00 bits per heavy atom. The lowest BCUT2D eigenvalue weighted by Crippen LogP contribution is -2.66. The molecule has 5 heteroatoms. The summed E-state index contributed by atoms with van der Waals surface area (Å²) in [4.78, 5) is 23.0. The third-order valence-corrected chi connectivity index (χ3v) is 5.26. The second kappa shape index (κ2) is 5.96. The second-order valence-corrected chi connectivity index (χ2v) is 7.11. The van der Waals surface area contributed by atoms with Crippen LogP contribution >= 0.6 is 0 Å². The van der Waals surface area contributed by atoms with Gasteiger partial charge in [0.1, 0.15) is 0 Å². The molecule has 2 aliphatic rings. The highest BCUT2D eigenvalue weighted by Gasteiger charge is 2.59. The molecular formula is C18H23NO4. The summed E-state index contributed by atoms with van der Waals surface area (Å²) in [5.74, 6) is -0.436. The number of benzene rings is 1. The molecule has 23 heavy (non-hydrogen) atoms. The van der Waals surface area contributed by atoms with Gasteiger partial charge in [0.2, 0.25) is 5.91 Å². The van der Waals surface area contributed by atoms with E-state index >= 15 is 0 Å². The quantitative estimate of drug-likeness (QED) is 0.873. The first-order valence-electron chi connectivity index (χ1n) is 8.13. The molecule has 1 saturated heterocycles. The highest BCUT2D eigenvalue weighted by atomic mass is 16.5. The number of carboxylic acid groups (broad SMARTS) is 1. The molecule has 0 bridgehead atoms. The summed E-state index contributed by atoms with van der Waals surface area (Å²) in [6, 6.07) is 6.88. The number of carbonyl (C=O) groups is 2. The van der Waals surface area contributed by atoms with Gasteiger partial charge in [-0.05, 0) is 30.5 Å². The van der Waals surface area contributed by atoms with Gasteiger partial charge in [-0.3, -0.25) is 4.79 Å². The van der Waals surface area contributed by atoms with E-state index in [2.05, 4.69) is 19.2 Å². The molecule has 2 N–H and O–H groups in total. The summed E-state index contributed by atoms with van der Waals surface area (Å²) < 4.78 is 5.74. The third kappa shape index (κ3) is 2.98. The minimum atomic E-state index is -0.935. The standard InChI is InChI=1S/C18H23NO4/c1-18(2)15(13-9-10-23-16(13)18)19-14(20)8-5-11-3-6-12(7-4-11)17(21)22/h3-4,6-7,13,15-16H,5,8-10H2,1-2H3,(H,19,20)(H,21,22). The van der Waals surface area contributed by atoms with E-state index < -0.39 is 5.97 Å². The highest BCUT2D eigenvalue weighted by Crippen LogP contribution is 2.52. The highest BCUT2D eigenvalue weighted by molar-refractivity contribution is 5.87. The van der Waals surface area contributed by atoms with Gasteiger partial charge in [-0.25, -0.2) is 4.79 Å². The number of hydrogen-bond donors (Lipinski definition) is 2. The lowest BCUT2D eigenvalue weighted by atomic mass is 9.57. The van der Waals surface area contributed by atoms with Crippen molar-refractivity contribution >= 4 is 11.9 Å². The molecule has 1 aliphatic heterocycles. The number of fused-ring (bicyclic) bond motifs is 1. The average molecular weight is 317 g/mol. The summed E-state index contributed by atoms with van der Waals surface area (Å²) in [7, 11) is 0. The Morgan fingerprint density at radius 3 is 2.65 bits per heavy atom.